The number of carbonyl (C=O) groups excluding carboxylic acids is 1. The zero-order valence-corrected chi connectivity index (χ0v) is 26.5. The molecule has 0 aliphatic carbocycles. The summed E-state index contributed by atoms with van der Waals surface area (Å²) in [6.07, 6.45) is 0.551. The van der Waals surface area contributed by atoms with Gasteiger partial charge in [0.05, 0.1) is 23.7 Å². The number of ether oxygens (including phenoxy) is 2. The molecule has 0 bridgehead atoms. The molecule has 5 nitrogen and oxygen atoms in total. The van der Waals surface area contributed by atoms with Crippen LogP contribution in [0.1, 0.15) is 57.1 Å². The molecule has 0 spiro atoms. The third-order valence-electron chi connectivity index (χ3n) is 7.35. The fraction of sp³-hybridized carbons (Fsp3) is 0.333. The van der Waals surface area contributed by atoms with Crippen LogP contribution in [0.2, 0.25) is 0 Å². The minimum atomic E-state index is -0.692. The number of methoxy groups -OCH3 is 1. The summed E-state index contributed by atoms with van der Waals surface area (Å²) < 4.78 is 13.9. The van der Waals surface area contributed by atoms with Crippen LogP contribution in [0.4, 0.5) is 0 Å². The van der Waals surface area contributed by atoms with E-state index in [1.807, 2.05) is 55.9 Å². The number of esters is 1. The lowest BCUT2D eigenvalue weighted by atomic mass is 9.87. The van der Waals surface area contributed by atoms with Crippen LogP contribution in [0.3, 0.4) is 0 Å². The fourth-order valence-electron chi connectivity index (χ4n) is 5.21. The van der Waals surface area contributed by atoms with Crippen LogP contribution in [0.25, 0.3) is 21.8 Å². The molecule has 5 rings (SSSR count). The predicted molar refractivity (Wildman–Crippen MR) is 173 cm³/mol. The average Bonchev–Trinajstić information content (AvgIpc) is 3.21. The molecule has 0 unspecified atom stereocenters. The number of nitrogens with zero attached hydrogens (tertiary/aromatic N) is 2. The van der Waals surface area contributed by atoms with Gasteiger partial charge in [0.25, 0.3) is 0 Å². The molecule has 0 aliphatic rings. The third kappa shape index (κ3) is 6.65. The second kappa shape index (κ2) is 11.8. The number of carbonyl (C=O) groups is 1. The normalized spacial score (nSPS) is 12.2. The van der Waals surface area contributed by atoms with Crippen LogP contribution >= 0.6 is 11.8 Å². The molecule has 0 saturated heterocycles. The maximum atomic E-state index is 12.8. The van der Waals surface area contributed by atoms with Crippen LogP contribution < -0.4 is 4.74 Å². The summed E-state index contributed by atoms with van der Waals surface area (Å²) in [4.78, 5) is 18.8. The van der Waals surface area contributed by atoms with Crippen LogP contribution in [-0.4, -0.2) is 27.4 Å². The predicted octanol–water partition coefficient (Wildman–Crippen LogP) is 8.76. The number of hydrogen-bond acceptors (Lipinski definition) is 5. The summed E-state index contributed by atoms with van der Waals surface area (Å²) in [6, 6.07) is 27.2. The lowest BCUT2D eigenvalue weighted by Crippen LogP contribution is -2.29. The molecule has 5 aromatic rings. The molecule has 2 heterocycles. The Morgan fingerprint density at radius 1 is 0.929 bits per heavy atom. The number of fused-ring (bicyclic) bond motifs is 2. The first kappa shape index (κ1) is 29.7. The van der Waals surface area contributed by atoms with Crippen molar-refractivity contribution in [1.82, 2.24) is 9.55 Å². The van der Waals surface area contributed by atoms with Crippen LogP contribution in [0.15, 0.2) is 83.8 Å². The number of hydrogen-bond donors (Lipinski definition) is 0. The summed E-state index contributed by atoms with van der Waals surface area (Å²) >= 11 is 1.83. The second-order valence-electron chi connectivity index (χ2n) is 12.6. The Balaban J connectivity index is 1.59. The first-order valence-electron chi connectivity index (χ1n) is 14.4. The van der Waals surface area contributed by atoms with Gasteiger partial charge < -0.3 is 14.0 Å². The first-order chi connectivity index (χ1) is 19.9. The highest BCUT2D eigenvalue weighted by atomic mass is 32.2. The number of rotatable bonds is 9. The Morgan fingerprint density at radius 3 is 2.38 bits per heavy atom. The highest BCUT2D eigenvalue weighted by Crippen LogP contribution is 2.44. The summed E-state index contributed by atoms with van der Waals surface area (Å²) in [5.74, 6) is 0.577. The van der Waals surface area contributed by atoms with Gasteiger partial charge in [-0.3, -0.25) is 4.79 Å². The van der Waals surface area contributed by atoms with Gasteiger partial charge in [-0.05, 0) is 56.7 Å². The molecule has 0 radical (unpaired) electrons. The van der Waals surface area contributed by atoms with Gasteiger partial charge in [0, 0.05) is 44.6 Å². The Bertz CT molecular complexity index is 1730. The van der Waals surface area contributed by atoms with E-state index in [2.05, 4.69) is 80.8 Å². The van der Waals surface area contributed by atoms with Crippen molar-refractivity contribution < 1.29 is 14.3 Å². The summed E-state index contributed by atoms with van der Waals surface area (Å²) in [5, 5.41) is 2.24. The molecule has 0 fully saturated rings. The van der Waals surface area contributed by atoms with E-state index in [4.69, 9.17) is 14.5 Å². The molecule has 6 heteroatoms. The van der Waals surface area contributed by atoms with Gasteiger partial charge in [-0.1, -0.05) is 74.9 Å². The van der Waals surface area contributed by atoms with E-state index in [0.717, 1.165) is 38.9 Å². The molecular weight excluding hydrogens is 540 g/mol. The number of aryl methyl sites for hydroxylation is 1. The van der Waals surface area contributed by atoms with E-state index in [-0.39, 0.29) is 10.7 Å². The fourth-order valence-corrected chi connectivity index (χ4v) is 6.40. The van der Waals surface area contributed by atoms with Crippen molar-refractivity contribution in [2.45, 2.75) is 70.8 Å². The van der Waals surface area contributed by atoms with Crippen LogP contribution in [0, 0.1) is 12.3 Å². The topological polar surface area (TPSA) is 53.4 Å². The summed E-state index contributed by atoms with van der Waals surface area (Å²) in [5.41, 5.74) is 5.85. The number of thioether (sulfide) groups is 1. The Hall–Kier alpha value is -3.77. The summed E-state index contributed by atoms with van der Waals surface area (Å²) in [7, 11) is 1.46. The zero-order chi connectivity index (χ0) is 30.1. The van der Waals surface area contributed by atoms with E-state index >= 15 is 0 Å². The molecule has 2 aromatic heterocycles. The highest BCUT2D eigenvalue weighted by molar-refractivity contribution is 8.00. The molecule has 0 N–H and O–H groups in total. The SMILES string of the molecule is COC(=O)C(C)(C)Cc1c(SC(C)(C)C)c2cc(OCc3ccc4ccccc4n3)ccc2n1Cc1ccc(C)cc1. The van der Waals surface area contributed by atoms with Gasteiger partial charge in [0.1, 0.15) is 12.4 Å². The van der Waals surface area contributed by atoms with Crippen molar-refractivity contribution in [3.8, 4) is 5.75 Å². The Labute approximate surface area is 253 Å². The largest absolute Gasteiger partial charge is 0.487 e. The Morgan fingerprint density at radius 2 is 1.67 bits per heavy atom. The van der Waals surface area contributed by atoms with Crippen LogP contribution in [-0.2, 0) is 29.1 Å². The van der Waals surface area contributed by atoms with E-state index in [1.54, 1.807) is 0 Å². The molecule has 3 aromatic carbocycles. The van der Waals surface area contributed by atoms with Crippen molar-refractivity contribution in [3.63, 3.8) is 0 Å². The third-order valence-corrected chi connectivity index (χ3v) is 8.62. The van der Waals surface area contributed by atoms with Crippen LogP contribution in [0.5, 0.6) is 5.75 Å². The lowest BCUT2D eigenvalue weighted by Gasteiger charge is -2.25. The van der Waals surface area contributed by atoms with E-state index in [9.17, 15) is 4.79 Å². The number of para-hydroxylation sites is 1. The van der Waals surface area contributed by atoms with Crippen molar-refractivity contribution >= 4 is 39.5 Å². The molecule has 0 saturated carbocycles. The van der Waals surface area contributed by atoms with Gasteiger partial charge in [0.15, 0.2) is 0 Å². The first-order valence-corrected chi connectivity index (χ1v) is 15.2. The number of pyridine rings is 1. The smallest absolute Gasteiger partial charge is 0.311 e. The van der Waals surface area contributed by atoms with Gasteiger partial charge in [0.2, 0.25) is 0 Å². The molecule has 0 amide bonds. The molecule has 0 atom stereocenters. The molecule has 42 heavy (non-hydrogen) atoms. The van der Waals surface area contributed by atoms with Gasteiger partial charge in [-0.15, -0.1) is 11.8 Å². The monoisotopic (exact) mass is 580 g/mol. The second-order valence-corrected chi connectivity index (χ2v) is 14.4. The number of benzene rings is 3. The maximum absolute atomic E-state index is 12.8. The van der Waals surface area contributed by atoms with Gasteiger partial charge in [-0.2, -0.15) is 0 Å². The minimum absolute atomic E-state index is 0.0427. The number of aromatic nitrogens is 2. The van der Waals surface area contributed by atoms with Gasteiger partial charge in [-0.25, -0.2) is 4.98 Å². The average molecular weight is 581 g/mol. The van der Waals surface area contributed by atoms with E-state index in [1.165, 1.54) is 23.1 Å². The standard InChI is InChI=1S/C36H40N2O3S/c1-24-12-14-25(15-13-24)22-38-31-19-18-28(41-23-27-17-16-26-10-8-9-11-30(26)37-27)20-29(31)33(42-35(2,3)4)32(38)21-36(5,6)34(39)40-7/h8-20H,21-23H2,1-7H3. The highest BCUT2D eigenvalue weighted by Gasteiger charge is 2.33. The lowest BCUT2D eigenvalue weighted by molar-refractivity contribution is -0.150. The molecular formula is C36H40N2O3S. The van der Waals surface area contributed by atoms with Crippen molar-refractivity contribution in [1.29, 1.82) is 0 Å². The van der Waals surface area contributed by atoms with Crippen molar-refractivity contribution in [3.05, 3.63) is 101 Å². The van der Waals surface area contributed by atoms with Crippen molar-refractivity contribution in [2.75, 3.05) is 7.11 Å². The molecule has 0 aliphatic heterocycles. The van der Waals surface area contributed by atoms with Crippen molar-refractivity contribution in [2.24, 2.45) is 5.41 Å². The van der Waals surface area contributed by atoms with E-state index < -0.39 is 5.41 Å². The molecule has 218 valence electrons. The summed E-state index contributed by atoms with van der Waals surface area (Å²) in [6.45, 7) is 13.8. The van der Waals surface area contributed by atoms with Gasteiger partial charge >= 0.3 is 5.97 Å². The minimum Gasteiger partial charge on any atom is -0.487 e. The zero-order valence-electron chi connectivity index (χ0n) is 25.7. The maximum Gasteiger partial charge on any atom is 0.311 e. The quantitative estimate of drug-likeness (QED) is 0.129. The van der Waals surface area contributed by atoms with E-state index in [0.29, 0.717) is 19.6 Å². The Kier molecular flexibility index (Phi) is 8.38.